The molecule has 0 aliphatic rings. The number of hydrogen-bond donors (Lipinski definition) is 0. The molecular weight excluding hydrogens is 833 g/mol. The maximum absolute atomic E-state index is 9.85. The highest BCUT2D eigenvalue weighted by Gasteiger charge is 2.24. The van der Waals surface area contributed by atoms with Crippen LogP contribution in [-0.2, 0) is 0 Å². The van der Waals surface area contributed by atoms with Crippen LogP contribution in [0, 0.1) is 0 Å². The van der Waals surface area contributed by atoms with Gasteiger partial charge in [0.1, 0.15) is 0 Å². The van der Waals surface area contributed by atoms with Gasteiger partial charge in [0, 0.05) is 55.0 Å². The first-order chi connectivity index (χ1) is 43.7. The van der Waals surface area contributed by atoms with Gasteiger partial charge in [-0.1, -0.05) is 188 Å². The van der Waals surface area contributed by atoms with Gasteiger partial charge in [-0.2, -0.15) is 9.97 Å². The van der Waals surface area contributed by atoms with E-state index >= 15 is 0 Å². The van der Waals surface area contributed by atoms with Crippen LogP contribution in [0.2, 0.25) is 0 Å². The summed E-state index contributed by atoms with van der Waals surface area (Å²) in [5.74, 6) is -2.30. The zero-order valence-electron chi connectivity index (χ0n) is 58.7. The Labute approximate surface area is 424 Å². The smallest absolute Gasteiger partial charge is 0.238 e. The Morgan fingerprint density at radius 1 is 0.294 bits per heavy atom. The van der Waals surface area contributed by atoms with Gasteiger partial charge in [0.05, 0.1) is 55.0 Å². The van der Waals surface area contributed by atoms with E-state index in [1.165, 1.54) is 41.0 Å². The molecule has 13 rings (SSSR count). The largest absolute Gasteiger partial charge is 0.307 e. The molecule has 0 unspecified atom stereocenters. The third-order valence-corrected chi connectivity index (χ3v) is 11.0. The fourth-order valence-electron chi connectivity index (χ4n) is 8.09. The molecular formula is C60H38N8. The lowest BCUT2D eigenvalue weighted by atomic mass is 10.0. The second kappa shape index (κ2) is 16.2. The number of hydrogen-bond acceptors (Lipinski definition) is 6. The van der Waals surface area contributed by atoms with Gasteiger partial charge in [-0.05, 0) is 53.6 Å². The van der Waals surface area contributed by atoms with E-state index in [1.807, 2.05) is 0 Å². The van der Waals surface area contributed by atoms with Crippen LogP contribution in [0.4, 0.5) is 0 Å². The quantitative estimate of drug-likeness (QED) is 0.151. The fourth-order valence-corrected chi connectivity index (χ4v) is 8.09. The van der Waals surface area contributed by atoms with Crippen molar-refractivity contribution in [1.82, 2.24) is 39.0 Å². The monoisotopic (exact) mass is 894 g/mol. The summed E-state index contributed by atoms with van der Waals surface area (Å²) in [5, 5.41) is 0.0452. The van der Waals surface area contributed by atoms with Gasteiger partial charge < -0.3 is 4.57 Å². The summed E-state index contributed by atoms with van der Waals surface area (Å²) >= 11 is 0. The maximum atomic E-state index is 9.85. The SMILES string of the molecule is [2H]c1ccc([2H])c(-c2nc(-c3ccc(-n4c5ccccc5c5c([2H])c([2H])c6c7c([2H])c([2H])c([2H])c([2H])c7n(-c7nc(-c8cccc(-c9c([2H])c([2H])c([2H])c([2H])c9[2H])c8)nc(-c8c([2H])c([2H])c([2H])c([2H])c8[2H])n7)c6c54)cc3)nc(-c3c([2H])c([2H])c([2H])c([2H])c3[2H])n2)c1[2H]. The molecule has 318 valence electrons. The molecule has 0 aliphatic carbocycles. The van der Waals surface area contributed by atoms with Crippen molar-refractivity contribution >= 4 is 43.6 Å². The Balaban J connectivity index is 1.13. The van der Waals surface area contributed by atoms with E-state index in [0.29, 0.717) is 16.6 Å². The first-order valence-corrected chi connectivity index (χ1v) is 20.7. The summed E-state index contributed by atoms with van der Waals surface area (Å²) in [6.07, 6.45) is 0. The first kappa shape index (κ1) is 21.7. The number of fused-ring (bicyclic) bond motifs is 7. The van der Waals surface area contributed by atoms with Crippen LogP contribution in [-0.4, -0.2) is 39.0 Å². The van der Waals surface area contributed by atoms with Gasteiger partial charge in [-0.3, -0.25) is 4.57 Å². The first-order valence-electron chi connectivity index (χ1n) is 32.7. The summed E-state index contributed by atoms with van der Waals surface area (Å²) in [4.78, 5) is 28.1. The molecule has 0 atom stereocenters. The number of benzene rings is 9. The van der Waals surface area contributed by atoms with Crippen LogP contribution in [0.5, 0.6) is 0 Å². The summed E-state index contributed by atoms with van der Waals surface area (Å²) in [6, 6.07) is 6.56. The lowest BCUT2D eigenvalue weighted by molar-refractivity contribution is 0.953. The van der Waals surface area contributed by atoms with Crippen molar-refractivity contribution in [3.63, 3.8) is 0 Å². The lowest BCUT2D eigenvalue weighted by Crippen LogP contribution is -2.07. The molecule has 0 aliphatic heterocycles. The van der Waals surface area contributed by atoms with E-state index in [-0.39, 0.29) is 96.1 Å². The fraction of sp³-hybridized carbons (Fsp3) is 0. The van der Waals surface area contributed by atoms with Crippen molar-refractivity contribution in [2.75, 3.05) is 0 Å². The molecule has 8 heteroatoms. The van der Waals surface area contributed by atoms with E-state index in [0.717, 1.165) is 0 Å². The molecule has 0 amide bonds. The summed E-state index contributed by atoms with van der Waals surface area (Å²) in [7, 11) is 0. The molecule has 0 saturated carbocycles. The topological polar surface area (TPSA) is 87.2 Å². The third kappa shape index (κ3) is 6.70. The second-order valence-corrected chi connectivity index (χ2v) is 14.9. The number of nitrogens with zero attached hydrogens (tertiary/aromatic N) is 8. The number of aromatic nitrogens is 8. The van der Waals surface area contributed by atoms with Gasteiger partial charge in [-0.15, -0.1) is 0 Å². The van der Waals surface area contributed by atoms with Crippen molar-refractivity contribution < 1.29 is 32.9 Å². The summed E-state index contributed by atoms with van der Waals surface area (Å²) in [6.45, 7) is 0. The van der Waals surface area contributed by atoms with E-state index in [1.54, 1.807) is 53.1 Å². The Morgan fingerprint density at radius 3 is 1.53 bits per heavy atom. The van der Waals surface area contributed by atoms with Crippen molar-refractivity contribution in [3.8, 4) is 79.7 Å². The Bertz CT molecular complexity index is 5390. The highest BCUT2D eigenvalue weighted by molar-refractivity contribution is 6.23. The van der Waals surface area contributed by atoms with E-state index in [9.17, 15) is 5.48 Å². The Morgan fingerprint density at radius 2 is 0.824 bits per heavy atom. The molecule has 9 aromatic carbocycles. The minimum Gasteiger partial charge on any atom is -0.307 e. The summed E-state index contributed by atoms with van der Waals surface area (Å²) in [5.41, 5.74) is -0.660. The molecule has 0 radical (unpaired) electrons. The van der Waals surface area contributed by atoms with Crippen LogP contribution in [0.15, 0.2) is 230 Å². The van der Waals surface area contributed by atoms with E-state index < -0.39 is 156 Å². The molecule has 4 heterocycles. The zero-order chi connectivity index (χ0) is 65.9. The van der Waals surface area contributed by atoms with Crippen molar-refractivity contribution in [2.45, 2.75) is 0 Å². The molecule has 0 bridgehead atoms. The van der Waals surface area contributed by atoms with E-state index in [2.05, 4.69) is 19.9 Å². The Kier molecular flexibility index (Phi) is 5.19. The van der Waals surface area contributed by atoms with Crippen molar-refractivity contribution in [3.05, 3.63) is 230 Å². The molecule has 0 saturated heterocycles. The minimum absolute atomic E-state index is 0.0548. The molecule has 0 fully saturated rings. The molecule has 68 heavy (non-hydrogen) atoms. The second-order valence-electron chi connectivity index (χ2n) is 14.9. The summed E-state index contributed by atoms with van der Waals surface area (Å²) < 4.78 is 215. The predicted molar refractivity (Wildman–Crippen MR) is 275 cm³/mol. The molecule has 0 N–H and O–H groups in total. The van der Waals surface area contributed by atoms with Crippen LogP contribution < -0.4 is 0 Å². The highest BCUT2D eigenvalue weighted by atomic mass is 15.2. The lowest BCUT2D eigenvalue weighted by Gasteiger charge is -2.14. The molecule has 4 aromatic heterocycles. The van der Waals surface area contributed by atoms with Crippen LogP contribution >= 0.6 is 0 Å². The van der Waals surface area contributed by atoms with Gasteiger partial charge in [-0.25, -0.2) is 19.9 Å². The van der Waals surface area contributed by atoms with Gasteiger partial charge in [0.25, 0.3) is 0 Å². The van der Waals surface area contributed by atoms with Crippen LogP contribution in [0.25, 0.3) is 123 Å². The number of rotatable bonds is 8. The minimum atomic E-state index is -0.772. The van der Waals surface area contributed by atoms with Crippen LogP contribution in [0.3, 0.4) is 0 Å². The van der Waals surface area contributed by atoms with Gasteiger partial charge in [0.2, 0.25) is 5.95 Å². The van der Waals surface area contributed by atoms with Crippen molar-refractivity contribution in [2.24, 2.45) is 0 Å². The molecule has 8 nitrogen and oxygen atoms in total. The number of para-hydroxylation sites is 2. The van der Waals surface area contributed by atoms with Crippen LogP contribution in [0.1, 0.15) is 32.9 Å². The average molecular weight is 895 g/mol. The normalized spacial score (nSPS) is 16.5. The Hall–Kier alpha value is -9.40. The van der Waals surface area contributed by atoms with E-state index in [4.69, 9.17) is 37.4 Å². The van der Waals surface area contributed by atoms with Crippen molar-refractivity contribution in [1.29, 1.82) is 0 Å². The average Bonchev–Trinajstić information content (AvgIpc) is 1.52. The molecule has 13 aromatic rings. The maximum Gasteiger partial charge on any atom is 0.238 e. The third-order valence-electron chi connectivity index (χ3n) is 11.0. The molecule has 0 spiro atoms. The zero-order valence-corrected chi connectivity index (χ0v) is 34.7. The predicted octanol–water partition coefficient (Wildman–Crippen LogP) is 14.3. The van der Waals surface area contributed by atoms with Gasteiger partial charge in [0.15, 0.2) is 29.1 Å². The van der Waals surface area contributed by atoms with Gasteiger partial charge >= 0.3 is 0 Å². The standard InChI is InChI=1S/C60H38N8/c1-5-18-39(19-6-1)44-26-17-27-45(38-44)59-64-58(42-24-11-4-12-25-42)65-60(66-59)68-52-31-16-14-29-48(52)50-37-36-49-47-28-13-15-30-51(47)67(53(49)54(50)68)46-34-32-43(33-35-46)57-62-55(40-20-7-2-8-21-40)61-56(63-57)41-22-9-3-10-23-41/h1-38H/i1D,2D,4D,5D,6D,7D,8D,9D,11D,12D,14D,16D,18D,19D,20D,21D,22D,23D,24D,25D,29D,31D,36D,37D. The highest BCUT2D eigenvalue weighted by Crippen LogP contribution is 2.42.